The fourth-order valence-corrected chi connectivity index (χ4v) is 1.72. The Morgan fingerprint density at radius 1 is 1.50 bits per heavy atom. The molecule has 0 aliphatic rings. The van der Waals surface area contributed by atoms with Crippen LogP contribution < -0.4 is 4.74 Å². The Kier molecular flexibility index (Phi) is 5.17. The lowest BCUT2D eigenvalue weighted by Gasteiger charge is -2.08. The molecule has 0 N–H and O–H groups in total. The Hall–Kier alpha value is -1.54. The van der Waals surface area contributed by atoms with Crippen molar-refractivity contribution in [1.29, 1.82) is 0 Å². The van der Waals surface area contributed by atoms with Gasteiger partial charge in [0.15, 0.2) is 5.78 Å². The van der Waals surface area contributed by atoms with Gasteiger partial charge in [-0.25, -0.2) is 4.39 Å². The lowest BCUT2D eigenvalue weighted by atomic mass is 10.3. The number of methoxy groups -OCH3 is 1. The van der Waals surface area contributed by atoms with E-state index in [2.05, 4.69) is 20.7 Å². The molecule has 0 aromatic heterocycles. The lowest BCUT2D eigenvalue weighted by molar-refractivity contribution is -0.386. The lowest BCUT2D eigenvalue weighted by Crippen LogP contribution is -2.17. The van der Waals surface area contributed by atoms with Crippen LogP contribution in [0.2, 0.25) is 0 Å². The molecule has 6 nitrogen and oxygen atoms in total. The quantitative estimate of drug-likeness (QED) is 0.592. The Morgan fingerprint density at radius 3 is 2.72 bits per heavy atom. The van der Waals surface area contributed by atoms with Crippen LogP contribution in [0.5, 0.6) is 5.75 Å². The molecule has 0 spiro atoms. The maximum Gasteiger partial charge on any atom is 0.315 e. The van der Waals surface area contributed by atoms with Crippen molar-refractivity contribution in [3.63, 3.8) is 0 Å². The molecule has 1 aromatic rings. The third kappa shape index (κ3) is 3.74. The molecule has 0 atom stereocenters. The zero-order chi connectivity index (χ0) is 13.7. The summed E-state index contributed by atoms with van der Waals surface area (Å²) in [6.45, 7) is -0.550. The highest BCUT2D eigenvalue weighted by Crippen LogP contribution is 2.35. The van der Waals surface area contributed by atoms with Gasteiger partial charge in [0.25, 0.3) is 0 Å². The second kappa shape index (κ2) is 6.41. The predicted octanol–water partition coefficient (Wildman–Crippen LogP) is 2.09. The molecular weight excluding hydrogens is 313 g/mol. The number of benzene rings is 1. The van der Waals surface area contributed by atoms with Crippen LogP contribution >= 0.6 is 15.9 Å². The van der Waals surface area contributed by atoms with E-state index in [-0.39, 0.29) is 29.2 Å². The number of carbonyl (C=O) groups is 1. The summed E-state index contributed by atoms with van der Waals surface area (Å²) in [6.07, 6.45) is 0. The molecule has 0 unspecified atom stereocenters. The summed E-state index contributed by atoms with van der Waals surface area (Å²) in [5.74, 6) is -1.35. The summed E-state index contributed by atoms with van der Waals surface area (Å²) in [4.78, 5) is 21.1. The van der Waals surface area contributed by atoms with Crippen molar-refractivity contribution in [3.05, 3.63) is 32.5 Å². The van der Waals surface area contributed by atoms with Gasteiger partial charge in [-0.05, 0) is 22.0 Å². The fourth-order valence-electron chi connectivity index (χ4n) is 1.18. The highest BCUT2D eigenvalue weighted by Gasteiger charge is 2.21. The third-order valence-corrected chi connectivity index (χ3v) is 2.46. The normalized spacial score (nSPS) is 10.2. The number of halogens is 2. The number of ether oxygens (including phenoxy) is 2. The number of rotatable bonds is 6. The van der Waals surface area contributed by atoms with Gasteiger partial charge in [-0.15, -0.1) is 0 Å². The molecule has 0 aliphatic carbocycles. The van der Waals surface area contributed by atoms with Gasteiger partial charge in [0.2, 0.25) is 5.75 Å². The Labute approximate surface area is 110 Å². The topological polar surface area (TPSA) is 78.7 Å². The minimum absolute atomic E-state index is 0.0689. The molecule has 0 radical (unpaired) electrons. The van der Waals surface area contributed by atoms with Gasteiger partial charge in [0.05, 0.1) is 15.5 Å². The van der Waals surface area contributed by atoms with Crippen molar-refractivity contribution < 1.29 is 23.6 Å². The van der Waals surface area contributed by atoms with Crippen LogP contribution in [0.1, 0.15) is 0 Å². The van der Waals surface area contributed by atoms with E-state index in [0.717, 1.165) is 12.1 Å². The molecular formula is C10H9BrFNO5. The summed E-state index contributed by atoms with van der Waals surface area (Å²) in [6, 6.07) is 1.74. The zero-order valence-electron chi connectivity index (χ0n) is 9.31. The number of hydrogen-bond acceptors (Lipinski definition) is 5. The maximum atomic E-state index is 13.0. The minimum Gasteiger partial charge on any atom is -0.478 e. The molecule has 0 saturated heterocycles. The first-order chi connectivity index (χ1) is 8.45. The first kappa shape index (κ1) is 14.5. The van der Waals surface area contributed by atoms with E-state index in [1.807, 2.05) is 0 Å². The van der Waals surface area contributed by atoms with Crippen LogP contribution in [0.4, 0.5) is 10.1 Å². The van der Waals surface area contributed by atoms with Gasteiger partial charge in [0.1, 0.15) is 19.0 Å². The van der Waals surface area contributed by atoms with Gasteiger partial charge in [-0.3, -0.25) is 14.9 Å². The fraction of sp³-hybridized carbons (Fsp3) is 0.300. The van der Waals surface area contributed by atoms with Gasteiger partial charge in [-0.2, -0.15) is 0 Å². The number of nitrogens with zero attached hydrogens (tertiary/aromatic N) is 1. The number of ketones is 1. The first-order valence-corrected chi connectivity index (χ1v) is 5.52. The minimum atomic E-state index is -0.788. The van der Waals surface area contributed by atoms with Crippen molar-refractivity contribution >= 4 is 27.4 Å². The molecule has 8 heteroatoms. The van der Waals surface area contributed by atoms with Gasteiger partial charge >= 0.3 is 5.69 Å². The molecule has 98 valence electrons. The van der Waals surface area contributed by atoms with Gasteiger partial charge in [0, 0.05) is 7.11 Å². The van der Waals surface area contributed by atoms with Crippen molar-refractivity contribution in [2.75, 3.05) is 20.3 Å². The summed E-state index contributed by atoms with van der Waals surface area (Å²) in [5.41, 5.74) is -0.549. The van der Waals surface area contributed by atoms with E-state index in [1.54, 1.807) is 0 Å². The van der Waals surface area contributed by atoms with Crippen molar-refractivity contribution in [2.45, 2.75) is 0 Å². The van der Waals surface area contributed by atoms with E-state index in [9.17, 15) is 19.3 Å². The smallest absolute Gasteiger partial charge is 0.315 e. The number of nitro groups is 1. The molecule has 0 bridgehead atoms. The van der Waals surface area contributed by atoms with Crippen LogP contribution in [0.25, 0.3) is 0 Å². The van der Waals surface area contributed by atoms with Gasteiger partial charge in [-0.1, -0.05) is 0 Å². The standard InChI is InChI=1S/C10H9BrFNO5/c1-17-4-7(14)5-18-10-8(11)2-6(12)3-9(10)13(15)16/h2-3H,4-5H2,1H3. The average Bonchev–Trinajstić information content (AvgIpc) is 2.27. The van der Waals surface area contributed by atoms with Crippen LogP contribution in [0, 0.1) is 15.9 Å². The Morgan fingerprint density at radius 2 is 2.17 bits per heavy atom. The SMILES string of the molecule is COCC(=O)COc1c(Br)cc(F)cc1[N+](=O)[O-]. The number of carbonyl (C=O) groups excluding carboxylic acids is 1. The number of hydrogen-bond donors (Lipinski definition) is 0. The average molecular weight is 322 g/mol. The van der Waals surface area contributed by atoms with Crippen molar-refractivity contribution in [2.24, 2.45) is 0 Å². The summed E-state index contributed by atoms with van der Waals surface area (Å²) in [5, 5.41) is 10.7. The highest BCUT2D eigenvalue weighted by atomic mass is 79.9. The summed E-state index contributed by atoms with van der Waals surface area (Å²) in [7, 11) is 1.34. The Balaban J connectivity index is 2.93. The molecule has 0 fully saturated rings. The van der Waals surface area contributed by atoms with E-state index < -0.39 is 16.4 Å². The first-order valence-electron chi connectivity index (χ1n) is 4.72. The summed E-state index contributed by atoms with van der Waals surface area (Å²) < 4.78 is 22.7. The van der Waals surface area contributed by atoms with E-state index in [1.165, 1.54) is 7.11 Å². The molecule has 0 amide bonds. The van der Waals surface area contributed by atoms with E-state index in [0.29, 0.717) is 0 Å². The van der Waals surface area contributed by atoms with Gasteiger partial charge < -0.3 is 9.47 Å². The third-order valence-electron chi connectivity index (χ3n) is 1.87. The molecule has 0 heterocycles. The monoisotopic (exact) mass is 321 g/mol. The number of nitro benzene ring substituents is 1. The molecule has 18 heavy (non-hydrogen) atoms. The number of Topliss-reactive ketones (excluding diaryl/α,β-unsaturated/α-hetero) is 1. The predicted molar refractivity (Wildman–Crippen MR) is 63.1 cm³/mol. The molecule has 1 rings (SSSR count). The van der Waals surface area contributed by atoms with Crippen LogP contribution in [-0.2, 0) is 9.53 Å². The van der Waals surface area contributed by atoms with Crippen LogP contribution in [0.15, 0.2) is 16.6 Å². The largest absolute Gasteiger partial charge is 0.478 e. The summed E-state index contributed by atoms with van der Waals surface area (Å²) >= 11 is 2.94. The Bertz CT molecular complexity index is 480. The maximum absolute atomic E-state index is 13.0. The molecule has 0 saturated carbocycles. The molecule has 0 aliphatic heterocycles. The molecule has 1 aromatic carbocycles. The van der Waals surface area contributed by atoms with Crippen LogP contribution in [-0.4, -0.2) is 31.0 Å². The zero-order valence-corrected chi connectivity index (χ0v) is 10.9. The second-order valence-corrected chi connectivity index (χ2v) is 4.11. The van der Waals surface area contributed by atoms with E-state index in [4.69, 9.17) is 4.74 Å². The van der Waals surface area contributed by atoms with Crippen molar-refractivity contribution in [1.82, 2.24) is 0 Å². The highest BCUT2D eigenvalue weighted by molar-refractivity contribution is 9.10. The second-order valence-electron chi connectivity index (χ2n) is 3.25. The van der Waals surface area contributed by atoms with E-state index >= 15 is 0 Å². The van der Waals surface area contributed by atoms with Crippen LogP contribution in [0.3, 0.4) is 0 Å². The van der Waals surface area contributed by atoms with Crippen molar-refractivity contribution in [3.8, 4) is 5.75 Å².